The number of benzene rings is 2. The Kier molecular flexibility index (Phi) is 4.33. The summed E-state index contributed by atoms with van der Waals surface area (Å²) in [5.74, 6) is 0.795. The van der Waals surface area contributed by atoms with E-state index in [1.165, 1.54) is 0 Å². The number of aromatic nitrogens is 1. The number of rotatable bonds is 4. The van der Waals surface area contributed by atoms with Crippen LogP contribution in [-0.2, 0) is 0 Å². The fourth-order valence-corrected chi connectivity index (χ4v) is 3.59. The SMILES string of the molecule is COc1ccc2ncc(C(=O)c3ccc(C)cc3)c(N3CCCC3)c2c1. The van der Waals surface area contributed by atoms with E-state index in [4.69, 9.17) is 4.74 Å². The van der Waals surface area contributed by atoms with E-state index in [0.29, 0.717) is 11.1 Å². The van der Waals surface area contributed by atoms with Crippen molar-refractivity contribution in [3.8, 4) is 5.75 Å². The summed E-state index contributed by atoms with van der Waals surface area (Å²) in [6.45, 7) is 3.95. The molecular weight excluding hydrogens is 324 g/mol. The number of nitrogens with zero attached hydrogens (tertiary/aromatic N) is 2. The fraction of sp³-hybridized carbons (Fsp3) is 0.273. The van der Waals surface area contributed by atoms with Gasteiger partial charge in [-0.05, 0) is 38.0 Å². The number of carbonyl (C=O) groups excluding carboxylic acids is 1. The van der Waals surface area contributed by atoms with Crippen LogP contribution in [0, 0.1) is 6.92 Å². The second-order valence-corrected chi connectivity index (χ2v) is 6.79. The maximum absolute atomic E-state index is 13.2. The number of anilines is 1. The molecule has 4 rings (SSSR count). The number of hydrogen-bond donors (Lipinski definition) is 0. The molecule has 0 saturated carbocycles. The highest BCUT2D eigenvalue weighted by atomic mass is 16.5. The first-order valence-electron chi connectivity index (χ1n) is 9.00. The van der Waals surface area contributed by atoms with E-state index in [1.807, 2.05) is 49.4 Å². The van der Waals surface area contributed by atoms with Gasteiger partial charge in [-0.2, -0.15) is 0 Å². The van der Waals surface area contributed by atoms with E-state index < -0.39 is 0 Å². The first-order chi connectivity index (χ1) is 12.7. The van der Waals surface area contributed by atoms with Gasteiger partial charge in [0.25, 0.3) is 0 Å². The van der Waals surface area contributed by atoms with Crippen LogP contribution in [0.4, 0.5) is 5.69 Å². The van der Waals surface area contributed by atoms with Gasteiger partial charge in [-0.1, -0.05) is 29.8 Å². The molecule has 4 heteroatoms. The summed E-state index contributed by atoms with van der Waals surface area (Å²) in [7, 11) is 1.66. The average molecular weight is 346 g/mol. The lowest BCUT2D eigenvalue weighted by molar-refractivity contribution is 0.103. The third-order valence-corrected chi connectivity index (χ3v) is 5.03. The van der Waals surface area contributed by atoms with Gasteiger partial charge in [0.1, 0.15) is 5.75 Å². The van der Waals surface area contributed by atoms with Crippen LogP contribution in [-0.4, -0.2) is 31.0 Å². The van der Waals surface area contributed by atoms with E-state index in [-0.39, 0.29) is 5.78 Å². The largest absolute Gasteiger partial charge is 0.497 e. The smallest absolute Gasteiger partial charge is 0.196 e. The normalized spacial score (nSPS) is 14.0. The molecule has 0 amide bonds. The van der Waals surface area contributed by atoms with Crippen LogP contribution in [0.1, 0.15) is 34.3 Å². The van der Waals surface area contributed by atoms with Gasteiger partial charge in [0.2, 0.25) is 0 Å². The Balaban J connectivity index is 1.91. The average Bonchev–Trinajstić information content (AvgIpc) is 3.21. The third-order valence-electron chi connectivity index (χ3n) is 5.03. The molecule has 0 spiro atoms. The zero-order valence-electron chi connectivity index (χ0n) is 15.2. The number of aryl methyl sites for hydroxylation is 1. The molecule has 3 aromatic rings. The molecule has 2 heterocycles. The van der Waals surface area contributed by atoms with Crippen LogP contribution >= 0.6 is 0 Å². The first-order valence-corrected chi connectivity index (χ1v) is 9.00. The molecule has 1 aliphatic heterocycles. The van der Waals surface area contributed by atoms with Crippen molar-refractivity contribution >= 4 is 22.4 Å². The molecule has 4 nitrogen and oxygen atoms in total. The highest BCUT2D eigenvalue weighted by Gasteiger charge is 2.23. The summed E-state index contributed by atoms with van der Waals surface area (Å²) in [6.07, 6.45) is 4.02. The Labute approximate surface area is 153 Å². The third kappa shape index (κ3) is 2.92. The summed E-state index contributed by atoms with van der Waals surface area (Å²) in [5.41, 5.74) is 4.37. The molecule has 1 fully saturated rings. The summed E-state index contributed by atoms with van der Waals surface area (Å²) in [4.78, 5) is 20.1. The molecule has 0 unspecified atom stereocenters. The van der Waals surface area contributed by atoms with Gasteiger partial charge in [0, 0.05) is 30.2 Å². The van der Waals surface area contributed by atoms with Crippen molar-refractivity contribution in [1.82, 2.24) is 4.98 Å². The summed E-state index contributed by atoms with van der Waals surface area (Å²) in [5, 5.41) is 0.976. The van der Waals surface area contributed by atoms with E-state index in [1.54, 1.807) is 13.3 Å². The van der Waals surface area contributed by atoms with E-state index in [9.17, 15) is 4.79 Å². The van der Waals surface area contributed by atoms with Crippen LogP contribution in [0.25, 0.3) is 10.9 Å². The Morgan fingerprint density at radius 3 is 2.50 bits per heavy atom. The van der Waals surface area contributed by atoms with Gasteiger partial charge >= 0.3 is 0 Å². The highest BCUT2D eigenvalue weighted by molar-refractivity contribution is 6.16. The Morgan fingerprint density at radius 2 is 1.81 bits per heavy atom. The number of hydrogen-bond acceptors (Lipinski definition) is 4. The minimum Gasteiger partial charge on any atom is -0.497 e. The maximum Gasteiger partial charge on any atom is 0.196 e. The topological polar surface area (TPSA) is 42.4 Å². The Hall–Kier alpha value is -2.88. The van der Waals surface area contributed by atoms with Crippen molar-refractivity contribution < 1.29 is 9.53 Å². The van der Waals surface area contributed by atoms with Gasteiger partial charge < -0.3 is 9.64 Å². The monoisotopic (exact) mass is 346 g/mol. The highest BCUT2D eigenvalue weighted by Crippen LogP contribution is 2.35. The molecule has 0 bridgehead atoms. The molecule has 0 aliphatic carbocycles. The lowest BCUT2D eigenvalue weighted by atomic mass is 9.99. The number of fused-ring (bicyclic) bond motifs is 1. The van der Waals surface area contributed by atoms with Gasteiger partial charge in [-0.25, -0.2) is 0 Å². The van der Waals surface area contributed by atoms with E-state index >= 15 is 0 Å². The molecule has 26 heavy (non-hydrogen) atoms. The molecule has 1 aliphatic rings. The van der Waals surface area contributed by atoms with Crippen molar-refractivity contribution in [3.63, 3.8) is 0 Å². The predicted molar refractivity (Wildman–Crippen MR) is 104 cm³/mol. The van der Waals surface area contributed by atoms with Crippen LogP contribution in [0.3, 0.4) is 0 Å². The van der Waals surface area contributed by atoms with Crippen molar-refractivity contribution in [2.24, 2.45) is 0 Å². The predicted octanol–water partition coefficient (Wildman–Crippen LogP) is 4.38. The van der Waals surface area contributed by atoms with Crippen LogP contribution in [0.5, 0.6) is 5.75 Å². The van der Waals surface area contributed by atoms with E-state index in [0.717, 1.165) is 53.8 Å². The Morgan fingerprint density at radius 1 is 1.08 bits per heavy atom. The molecule has 1 aromatic heterocycles. The summed E-state index contributed by atoms with van der Waals surface area (Å²) >= 11 is 0. The van der Waals surface area contributed by atoms with Gasteiger partial charge in [-0.15, -0.1) is 0 Å². The van der Waals surface area contributed by atoms with Crippen LogP contribution in [0.2, 0.25) is 0 Å². The quantitative estimate of drug-likeness (QED) is 0.657. The standard InChI is InChI=1S/C22H22N2O2/c1-15-5-7-16(8-6-15)22(25)19-14-23-20-10-9-17(26-2)13-18(20)21(19)24-11-3-4-12-24/h5-10,13-14H,3-4,11-12H2,1-2H3. The minimum absolute atomic E-state index is 0.0177. The first kappa shape index (κ1) is 16.6. The second-order valence-electron chi connectivity index (χ2n) is 6.79. The zero-order valence-corrected chi connectivity index (χ0v) is 15.2. The van der Waals surface area contributed by atoms with Crippen molar-refractivity contribution in [1.29, 1.82) is 0 Å². The van der Waals surface area contributed by atoms with Crippen LogP contribution < -0.4 is 9.64 Å². The number of ether oxygens (including phenoxy) is 1. The van der Waals surface area contributed by atoms with Crippen molar-refractivity contribution in [2.75, 3.05) is 25.1 Å². The zero-order chi connectivity index (χ0) is 18.1. The van der Waals surface area contributed by atoms with Gasteiger partial charge in [-0.3, -0.25) is 9.78 Å². The molecule has 132 valence electrons. The molecular formula is C22H22N2O2. The Bertz CT molecular complexity index is 958. The lowest BCUT2D eigenvalue weighted by Crippen LogP contribution is -2.21. The molecule has 0 radical (unpaired) electrons. The number of carbonyl (C=O) groups is 1. The van der Waals surface area contributed by atoms with Crippen molar-refractivity contribution in [3.05, 3.63) is 65.4 Å². The van der Waals surface area contributed by atoms with Gasteiger partial charge in [0.05, 0.1) is 23.9 Å². The van der Waals surface area contributed by atoms with Gasteiger partial charge in [0.15, 0.2) is 5.78 Å². The number of methoxy groups -OCH3 is 1. The molecule has 0 atom stereocenters. The molecule has 1 saturated heterocycles. The van der Waals surface area contributed by atoms with Crippen LogP contribution in [0.15, 0.2) is 48.7 Å². The van der Waals surface area contributed by atoms with E-state index in [2.05, 4.69) is 9.88 Å². The second kappa shape index (κ2) is 6.79. The fourth-order valence-electron chi connectivity index (χ4n) is 3.59. The van der Waals surface area contributed by atoms with Crippen molar-refractivity contribution in [2.45, 2.75) is 19.8 Å². The molecule has 2 aromatic carbocycles. The number of ketones is 1. The minimum atomic E-state index is 0.0177. The summed E-state index contributed by atoms with van der Waals surface area (Å²) in [6, 6.07) is 13.6. The lowest BCUT2D eigenvalue weighted by Gasteiger charge is -2.23. The molecule has 0 N–H and O–H groups in total. The maximum atomic E-state index is 13.2. The number of pyridine rings is 1. The summed E-state index contributed by atoms with van der Waals surface area (Å²) < 4.78 is 5.41.